The van der Waals surface area contributed by atoms with Crippen LogP contribution >= 0.6 is 11.8 Å². The van der Waals surface area contributed by atoms with Gasteiger partial charge in [-0.2, -0.15) is 13.2 Å². The van der Waals surface area contributed by atoms with Crippen molar-refractivity contribution in [3.63, 3.8) is 0 Å². The predicted octanol–water partition coefficient (Wildman–Crippen LogP) is 4.59. The fourth-order valence-electron chi connectivity index (χ4n) is 2.62. The van der Waals surface area contributed by atoms with E-state index in [0.29, 0.717) is 11.1 Å². The molecule has 2 nitrogen and oxygen atoms in total. The van der Waals surface area contributed by atoms with Crippen LogP contribution in [0.3, 0.4) is 0 Å². The van der Waals surface area contributed by atoms with Gasteiger partial charge in [0.05, 0.1) is 6.61 Å². The average molecular weight is 338 g/mol. The average Bonchev–Trinajstić information content (AvgIpc) is 2.78. The van der Waals surface area contributed by atoms with Gasteiger partial charge in [-0.25, -0.2) is 0 Å². The molecule has 0 aromatic heterocycles. The highest BCUT2D eigenvalue weighted by Gasteiger charge is 2.54. The van der Waals surface area contributed by atoms with Crippen LogP contribution in [0.1, 0.15) is 21.5 Å². The fourth-order valence-corrected chi connectivity index (χ4v) is 3.54. The summed E-state index contributed by atoms with van der Waals surface area (Å²) in [5.41, 5.74) is -2.95. The second-order valence-corrected chi connectivity index (χ2v) is 6.56. The highest BCUT2D eigenvalue weighted by atomic mass is 32.2. The summed E-state index contributed by atoms with van der Waals surface area (Å²) in [5.74, 6) is -0.619. The summed E-state index contributed by atoms with van der Waals surface area (Å²) in [4.78, 5) is 10.6. The molecule has 0 radical (unpaired) electrons. The first-order valence-electron chi connectivity index (χ1n) is 6.97. The van der Waals surface area contributed by atoms with Crippen molar-refractivity contribution >= 4 is 17.5 Å². The number of rotatable bonds is 4. The van der Waals surface area contributed by atoms with Crippen molar-refractivity contribution in [2.75, 3.05) is 0 Å². The Morgan fingerprint density at radius 2 is 1.70 bits per heavy atom. The second-order valence-electron chi connectivity index (χ2n) is 5.24. The molecule has 1 aliphatic carbocycles. The maximum atomic E-state index is 13.0. The van der Waals surface area contributed by atoms with Crippen LogP contribution in [0.15, 0.2) is 54.6 Å². The smallest absolute Gasteiger partial charge is 0.351 e. The van der Waals surface area contributed by atoms with Crippen LogP contribution in [0.5, 0.6) is 0 Å². The number of thioether (sulfide) groups is 1. The van der Waals surface area contributed by atoms with Crippen molar-refractivity contribution in [3.05, 3.63) is 71.3 Å². The number of halogens is 3. The van der Waals surface area contributed by atoms with Gasteiger partial charge in [0.1, 0.15) is 0 Å². The molecule has 23 heavy (non-hydrogen) atoms. The zero-order chi connectivity index (χ0) is 16.5. The van der Waals surface area contributed by atoms with Crippen molar-refractivity contribution in [3.8, 4) is 0 Å². The fraction of sp³-hybridized carbons (Fsp3) is 0.235. The topological polar surface area (TPSA) is 26.3 Å². The Labute approximate surface area is 135 Å². The molecule has 0 heterocycles. The molecule has 120 valence electrons. The molecule has 0 bridgehead atoms. The van der Waals surface area contributed by atoms with Crippen molar-refractivity contribution in [2.45, 2.75) is 23.5 Å². The Balaban J connectivity index is 1.89. The van der Waals surface area contributed by atoms with Gasteiger partial charge >= 0.3 is 5.51 Å². The Morgan fingerprint density at radius 3 is 2.35 bits per heavy atom. The van der Waals surface area contributed by atoms with E-state index in [0.717, 1.165) is 5.56 Å². The SMILES string of the molecule is O=C1c2ccccc2CC1(OCc1ccccc1)SC(F)(F)F. The van der Waals surface area contributed by atoms with E-state index in [2.05, 4.69) is 0 Å². The second kappa shape index (κ2) is 6.02. The molecule has 0 aliphatic heterocycles. The summed E-state index contributed by atoms with van der Waals surface area (Å²) in [6, 6.07) is 15.4. The minimum Gasteiger partial charge on any atom is -0.351 e. The number of Topliss-reactive ketones (excluding diaryl/α,β-unsaturated/α-hetero) is 1. The summed E-state index contributed by atoms with van der Waals surface area (Å²) in [7, 11) is 0. The van der Waals surface area contributed by atoms with Gasteiger partial charge < -0.3 is 4.74 Å². The molecule has 3 rings (SSSR count). The number of benzene rings is 2. The zero-order valence-corrected chi connectivity index (χ0v) is 12.8. The normalized spacial score (nSPS) is 20.6. The van der Waals surface area contributed by atoms with Gasteiger partial charge in [-0.15, -0.1) is 0 Å². The molecule has 0 fully saturated rings. The molecular formula is C17H13F3O2S. The number of alkyl halides is 3. The largest absolute Gasteiger partial charge is 0.444 e. The first-order chi connectivity index (χ1) is 10.9. The summed E-state index contributed by atoms with van der Waals surface area (Å²) < 4.78 is 44.6. The third-order valence-corrected chi connectivity index (χ3v) is 4.64. The van der Waals surface area contributed by atoms with E-state index in [9.17, 15) is 18.0 Å². The van der Waals surface area contributed by atoms with Crippen LogP contribution in [0.4, 0.5) is 13.2 Å². The van der Waals surface area contributed by atoms with Crippen LogP contribution in [0.25, 0.3) is 0 Å². The Kier molecular flexibility index (Phi) is 4.21. The van der Waals surface area contributed by atoms with Crippen LogP contribution < -0.4 is 0 Å². The first-order valence-corrected chi connectivity index (χ1v) is 7.79. The number of hydrogen-bond acceptors (Lipinski definition) is 3. The van der Waals surface area contributed by atoms with Gasteiger partial charge in [0.25, 0.3) is 0 Å². The highest BCUT2D eigenvalue weighted by Crippen LogP contribution is 2.49. The molecular weight excluding hydrogens is 325 g/mol. The quantitative estimate of drug-likeness (QED) is 0.763. The van der Waals surface area contributed by atoms with Gasteiger partial charge in [0.2, 0.25) is 5.78 Å². The van der Waals surface area contributed by atoms with Crippen LogP contribution in [-0.2, 0) is 17.8 Å². The van der Waals surface area contributed by atoms with Crippen LogP contribution in [-0.4, -0.2) is 16.2 Å². The summed E-state index contributed by atoms with van der Waals surface area (Å²) >= 11 is -0.376. The zero-order valence-electron chi connectivity index (χ0n) is 12.0. The summed E-state index contributed by atoms with van der Waals surface area (Å²) in [6.45, 7) is -0.0519. The van der Waals surface area contributed by atoms with E-state index in [1.54, 1.807) is 54.6 Å². The molecule has 1 aliphatic rings. The molecule has 2 aromatic carbocycles. The molecule has 0 saturated carbocycles. The van der Waals surface area contributed by atoms with E-state index in [1.807, 2.05) is 0 Å². The van der Waals surface area contributed by atoms with Gasteiger partial charge in [-0.05, 0) is 22.9 Å². The number of fused-ring (bicyclic) bond motifs is 1. The highest BCUT2D eigenvalue weighted by molar-refractivity contribution is 8.02. The molecule has 1 unspecified atom stereocenters. The standard InChI is InChI=1S/C17H13F3O2S/c18-17(19,20)23-16(22-11-12-6-2-1-3-7-12)10-13-8-4-5-9-14(13)15(16)21/h1-9H,10-11H2. The van der Waals surface area contributed by atoms with E-state index in [4.69, 9.17) is 4.74 Å². The lowest BCUT2D eigenvalue weighted by Gasteiger charge is -2.28. The predicted molar refractivity (Wildman–Crippen MR) is 82.1 cm³/mol. The van der Waals surface area contributed by atoms with E-state index < -0.39 is 16.2 Å². The molecule has 0 amide bonds. The molecule has 0 N–H and O–H groups in total. The molecule has 2 aromatic rings. The first kappa shape index (κ1) is 16.1. The number of hydrogen-bond donors (Lipinski definition) is 0. The number of ether oxygens (including phenoxy) is 1. The van der Waals surface area contributed by atoms with Crippen molar-refractivity contribution in [1.82, 2.24) is 0 Å². The Bertz CT molecular complexity index is 715. The third-order valence-electron chi connectivity index (χ3n) is 3.63. The Hall–Kier alpha value is -1.79. The molecule has 6 heteroatoms. The monoisotopic (exact) mass is 338 g/mol. The maximum absolute atomic E-state index is 13.0. The van der Waals surface area contributed by atoms with Crippen molar-refractivity contribution < 1.29 is 22.7 Å². The van der Waals surface area contributed by atoms with Crippen LogP contribution in [0.2, 0.25) is 0 Å². The molecule has 0 saturated heterocycles. The van der Waals surface area contributed by atoms with E-state index in [-0.39, 0.29) is 24.8 Å². The minimum absolute atomic E-state index is 0.0519. The number of carbonyl (C=O) groups is 1. The lowest BCUT2D eigenvalue weighted by atomic mass is 10.1. The van der Waals surface area contributed by atoms with Gasteiger partial charge in [-0.1, -0.05) is 54.6 Å². The molecule has 0 spiro atoms. The summed E-state index contributed by atoms with van der Waals surface area (Å²) in [5, 5.41) is 0. The number of carbonyl (C=O) groups excluding carboxylic acids is 1. The van der Waals surface area contributed by atoms with Gasteiger partial charge in [-0.3, -0.25) is 4.79 Å². The Morgan fingerprint density at radius 1 is 1.04 bits per heavy atom. The maximum Gasteiger partial charge on any atom is 0.444 e. The lowest BCUT2D eigenvalue weighted by molar-refractivity contribution is -0.0437. The van der Waals surface area contributed by atoms with Gasteiger partial charge in [0, 0.05) is 12.0 Å². The summed E-state index contributed by atoms with van der Waals surface area (Å²) in [6.07, 6.45) is -0.0843. The lowest BCUT2D eigenvalue weighted by Crippen LogP contribution is -2.38. The van der Waals surface area contributed by atoms with Crippen molar-refractivity contribution in [1.29, 1.82) is 0 Å². The number of ketones is 1. The molecule has 1 atom stereocenters. The minimum atomic E-state index is -4.56. The van der Waals surface area contributed by atoms with Crippen LogP contribution in [0, 0.1) is 0 Å². The third kappa shape index (κ3) is 3.43. The van der Waals surface area contributed by atoms with E-state index in [1.165, 1.54) is 0 Å². The van der Waals surface area contributed by atoms with Gasteiger partial charge in [0.15, 0.2) is 4.93 Å². The van der Waals surface area contributed by atoms with E-state index >= 15 is 0 Å². The van der Waals surface area contributed by atoms with Crippen molar-refractivity contribution in [2.24, 2.45) is 0 Å².